The predicted molar refractivity (Wildman–Crippen MR) is 99.8 cm³/mol. The van der Waals surface area contributed by atoms with Gasteiger partial charge < -0.3 is 9.84 Å². The fraction of sp³-hybridized carbons (Fsp3) is 0.625. The molecule has 2 heterocycles. The minimum Gasteiger partial charge on any atom is -0.388 e. The lowest BCUT2D eigenvalue weighted by Crippen LogP contribution is -2.44. The van der Waals surface area contributed by atoms with Gasteiger partial charge in [0.2, 0.25) is 0 Å². The van der Waals surface area contributed by atoms with Crippen LogP contribution in [-0.4, -0.2) is 28.8 Å². The fourth-order valence-electron chi connectivity index (χ4n) is 3.42. The molecule has 2 nitrogen and oxygen atoms in total. The molecule has 2 unspecified atom stereocenters. The minimum atomic E-state index is -0.384. The van der Waals surface area contributed by atoms with E-state index >= 15 is 0 Å². The van der Waals surface area contributed by atoms with Crippen LogP contribution in [0.5, 0.6) is 0 Å². The Labute approximate surface area is 152 Å². The Hall–Kier alpha value is 0.700. The van der Waals surface area contributed by atoms with Gasteiger partial charge in [-0.3, -0.25) is 0 Å². The largest absolute Gasteiger partial charge is 0.388 e. The zero-order valence-electron chi connectivity index (χ0n) is 11.9. The third-order valence-electron chi connectivity index (χ3n) is 4.66. The number of hydrogen-bond donors (Lipinski definition) is 1. The predicted octanol–water partition coefficient (Wildman–Crippen LogP) is 4.78. The summed E-state index contributed by atoms with van der Waals surface area (Å²) in [6.07, 6.45) is 3.84. The Morgan fingerprint density at radius 3 is 2.90 bits per heavy atom. The second kappa shape index (κ2) is 7.07. The summed E-state index contributed by atoms with van der Waals surface area (Å²) in [5.41, 5.74) is 1.09. The van der Waals surface area contributed by atoms with Gasteiger partial charge in [0.25, 0.3) is 0 Å². The molecule has 1 N–H and O–H groups in total. The van der Waals surface area contributed by atoms with Gasteiger partial charge in [-0.15, -0.1) is 0 Å². The number of aliphatic hydroxyl groups is 1. The summed E-state index contributed by atoms with van der Waals surface area (Å²) in [6, 6.07) is 6.16. The van der Waals surface area contributed by atoms with E-state index in [1.807, 2.05) is 17.8 Å². The van der Waals surface area contributed by atoms with E-state index in [0.29, 0.717) is 5.92 Å². The number of halogens is 2. The Bertz CT molecular complexity index is 500. The summed E-state index contributed by atoms with van der Waals surface area (Å²) in [7, 11) is 0. The van der Waals surface area contributed by atoms with Crippen molar-refractivity contribution in [2.24, 2.45) is 5.92 Å². The van der Waals surface area contributed by atoms with Crippen LogP contribution < -0.4 is 0 Å². The number of rotatable bonds is 2. The first kappa shape index (κ1) is 16.6. The van der Waals surface area contributed by atoms with Crippen molar-refractivity contribution in [1.82, 2.24) is 0 Å². The van der Waals surface area contributed by atoms with Crippen LogP contribution in [0, 0.1) is 9.49 Å². The first-order valence-corrected chi connectivity index (χ1v) is 10.5. The molecule has 1 aromatic rings. The van der Waals surface area contributed by atoms with Crippen LogP contribution in [0.1, 0.15) is 37.4 Å². The van der Waals surface area contributed by atoms with E-state index < -0.39 is 0 Å². The standard InChI is InChI=1S/C16H20BrIO2S/c17-12-1-2-14(18)13(9-12)15(19)11-3-6-20-16(10-11)4-7-21-8-5-16/h1-2,9,11,15,19H,3-8,10H2. The summed E-state index contributed by atoms with van der Waals surface area (Å²) in [5.74, 6) is 2.69. The number of benzene rings is 1. The van der Waals surface area contributed by atoms with Crippen LogP contribution in [0.3, 0.4) is 0 Å². The summed E-state index contributed by atoms with van der Waals surface area (Å²) >= 11 is 7.86. The third-order valence-corrected chi connectivity index (χ3v) is 7.12. The highest BCUT2D eigenvalue weighted by atomic mass is 127. The zero-order valence-corrected chi connectivity index (χ0v) is 16.4. The van der Waals surface area contributed by atoms with Crippen molar-refractivity contribution in [3.63, 3.8) is 0 Å². The number of thioether (sulfide) groups is 1. The Kier molecular flexibility index (Phi) is 5.58. The zero-order chi connectivity index (χ0) is 14.9. The van der Waals surface area contributed by atoms with E-state index in [9.17, 15) is 5.11 Å². The van der Waals surface area contributed by atoms with E-state index in [1.165, 1.54) is 11.5 Å². The number of hydrogen-bond acceptors (Lipinski definition) is 3. The van der Waals surface area contributed by atoms with E-state index in [0.717, 1.165) is 45.9 Å². The number of ether oxygens (including phenoxy) is 1. The topological polar surface area (TPSA) is 29.5 Å². The SMILES string of the molecule is OC(c1cc(Br)ccc1I)C1CCOC2(CCSCC2)C1. The van der Waals surface area contributed by atoms with Gasteiger partial charge in [0.05, 0.1) is 11.7 Å². The van der Waals surface area contributed by atoms with Crippen LogP contribution in [0.25, 0.3) is 0 Å². The van der Waals surface area contributed by atoms with Crippen LogP contribution in [0.4, 0.5) is 0 Å². The normalized spacial score (nSPS) is 26.7. The molecule has 0 radical (unpaired) electrons. The molecular formula is C16H20BrIO2S. The van der Waals surface area contributed by atoms with Gasteiger partial charge >= 0.3 is 0 Å². The van der Waals surface area contributed by atoms with E-state index in [2.05, 4.69) is 50.7 Å². The lowest BCUT2D eigenvalue weighted by atomic mass is 9.78. The summed E-state index contributed by atoms with van der Waals surface area (Å²) in [4.78, 5) is 0. The first-order chi connectivity index (χ1) is 10.1. The molecule has 5 heteroatoms. The van der Waals surface area contributed by atoms with Crippen LogP contribution in [0.15, 0.2) is 22.7 Å². The van der Waals surface area contributed by atoms with Crippen LogP contribution in [0.2, 0.25) is 0 Å². The average Bonchev–Trinajstić information content (AvgIpc) is 2.50. The molecule has 2 saturated heterocycles. The lowest BCUT2D eigenvalue weighted by molar-refractivity contribution is -0.121. The molecule has 0 aliphatic carbocycles. The molecule has 0 aromatic heterocycles. The van der Waals surface area contributed by atoms with Crippen molar-refractivity contribution >= 4 is 50.3 Å². The van der Waals surface area contributed by atoms with E-state index in [-0.39, 0.29) is 11.7 Å². The highest BCUT2D eigenvalue weighted by Gasteiger charge is 2.41. The van der Waals surface area contributed by atoms with Crippen molar-refractivity contribution < 1.29 is 9.84 Å². The Balaban J connectivity index is 1.77. The molecule has 3 rings (SSSR count). The van der Waals surface area contributed by atoms with Crippen molar-refractivity contribution in [1.29, 1.82) is 0 Å². The summed E-state index contributed by atoms with van der Waals surface area (Å²) < 4.78 is 8.32. The molecule has 2 aliphatic heterocycles. The Morgan fingerprint density at radius 2 is 2.14 bits per heavy atom. The molecule has 1 spiro atoms. The fourth-order valence-corrected chi connectivity index (χ4v) is 5.69. The van der Waals surface area contributed by atoms with Crippen molar-refractivity contribution in [3.05, 3.63) is 31.8 Å². The smallest absolute Gasteiger partial charge is 0.0830 e. The molecule has 116 valence electrons. The second-order valence-corrected chi connectivity index (χ2v) is 9.31. The highest BCUT2D eigenvalue weighted by molar-refractivity contribution is 14.1. The van der Waals surface area contributed by atoms with Gasteiger partial charge in [0.1, 0.15) is 0 Å². The van der Waals surface area contributed by atoms with E-state index in [4.69, 9.17) is 4.74 Å². The van der Waals surface area contributed by atoms with Gasteiger partial charge in [-0.25, -0.2) is 0 Å². The Morgan fingerprint density at radius 1 is 1.38 bits per heavy atom. The van der Waals surface area contributed by atoms with Gasteiger partial charge in [-0.2, -0.15) is 11.8 Å². The van der Waals surface area contributed by atoms with Crippen LogP contribution >= 0.6 is 50.3 Å². The molecule has 0 saturated carbocycles. The molecule has 2 fully saturated rings. The first-order valence-electron chi connectivity index (χ1n) is 7.44. The summed E-state index contributed by atoms with van der Waals surface area (Å²) in [5, 5.41) is 10.9. The molecule has 2 aliphatic rings. The molecular weight excluding hydrogens is 463 g/mol. The number of aliphatic hydroxyl groups excluding tert-OH is 1. The van der Waals surface area contributed by atoms with Crippen molar-refractivity contribution in [2.75, 3.05) is 18.1 Å². The van der Waals surface area contributed by atoms with Gasteiger partial charge in [0.15, 0.2) is 0 Å². The molecule has 2 atom stereocenters. The maximum Gasteiger partial charge on any atom is 0.0830 e. The third kappa shape index (κ3) is 3.79. The van der Waals surface area contributed by atoms with Crippen molar-refractivity contribution in [2.45, 2.75) is 37.4 Å². The maximum absolute atomic E-state index is 10.9. The van der Waals surface area contributed by atoms with Gasteiger partial charge in [-0.05, 0) is 89.5 Å². The molecule has 1 aromatic carbocycles. The second-order valence-electron chi connectivity index (χ2n) is 6.01. The monoisotopic (exact) mass is 482 g/mol. The minimum absolute atomic E-state index is 0.0343. The highest BCUT2D eigenvalue weighted by Crippen LogP contribution is 2.44. The molecule has 0 bridgehead atoms. The molecule has 0 amide bonds. The summed E-state index contributed by atoms with van der Waals surface area (Å²) in [6.45, 7) is 0.789. The van der Waals surface area contributed by atoms with Crippen molar-refractivity contribution in [3.8, 4) is 0 Å². The van der Waals surface area contributed by atoms with Gasteiger partial charge in [0, 0.05) is 14.6 Å². The molecule has 21 heavy (non-hydrogen) atoms. The van der Waals surface area contributed by atoms with E-state index in [1.54, 1.807) is 0 Å². The lowest BCUT2D eigenvalue weighted by Gasteiger charge is -2.44. The van der Waals surface area contributed by atoms with Crippen LogP contribution in [-0.2, 0) is 4.74 Å². The maximum atomic E-state index is 10.9. The average molecular weight is 483 g/mol. The van der Waals surface area contributed by atoms with Gasteiger partial charge in [-0.1, -0.05) is 15.9 Å². The quantitative estimate of drug-likeness (QED) is 0.615.